The minimum absolute atomic E-state index is 0.00360. The molecule has 2 heterocycles. The summed E-state index contributed by atoms with van der Waals surface area (Å²) >= 11 is 0. The number of piperazine rings is 1. The van der Waals surface area contributed by atoms with Crippen LogP contribution in [0.15, 0.2) is 42.9 Å². The maximum absolute atomic E-state index is 14.0. The molecule has 160 valence electrons. The number of amides is 2. The van der Waals surface area contributed by atoms with Crippen molar-refractivity contribution in [3.05, 3.63) is 54.4 Å². The fourth-order valence-electron chi connectivity index (χ4n) is 3.58. The van der Waals surface area contributed by atoms with Gasteiger partial charge in [-0.05, 0) is 18.1 Å². The molecule has 2 aromatic rings. The molecule has 0 aliphatic carbocycles. The van der Waals surface area contributed by atoms with Crippen molar-refractivity contribution in [2.45, 2.75) is 20.3 Å². The summed E-state index contributed by atoms with van der Waals surface area (Å²) in [6, 6.07) is 6.69. The first-order valence-corrected chi connectivity index (χ1v) is 10.3. The Kier molecular flexibility index (Phi) is 7.32. The molecule has 0 saturated carbocycles. The van der Waals surface area contributed by atoms with Crippen LogP contribution in [-0.4, -0.2) is 70.9 Å². The first-order chi connectivity index (χ1) is 14.5. The molecular weight excluding hydrogens is 385 g/mol. The molecule has 0 atom stereocenters. The van der Waals surface area contributed by atoms with Crippen LogP contribution in [0.3, 0.4) is 0 Å². The molecule has 0 radical (unpaired) electrons. The predicted molar refractivity (Wildman–Crippen MR) is 113 cm³/mol. The number of halogens is 1. The highest BCUT2D eigenvalue weighted by molar-refractivity contribution is 5.92. The number of nitrogens with zero attached hydrogens (tertiary/aromatic N) is 5. The van der Waals surface area contributed by atoms with Gasteiger partial charge in [0.15, 0.2) is 0 Å². The number of anilines is 1. The molecule has 1 aliphatic rings. The van der Waals surface area contributed by atoms with Crippen molar-refractivity contribution in [3.8, 4) is 0 Å². The van der Waals surface area contributed by atoms with Gasteiger partial charge in [-0.2, -0.15) is 0 Å². The van der Waals surface area contributed by atoms with E-state index in [1.54, 1.807) is 21.9 Å². The molecule has 1 aromatic carbocycles. The highest BCUT2D eigenvalue weighted by Crippen LogP contribution is 2.20. The monoisotopic (exact) mass is 413 g/mol. The van der Waals surface area contributed by atoms with E-state index in [0.717, 1.165) is 0 Å². The van der Waals surface area contributed by atoms with Crippen LogP contribution in [0.2, 0.25) is 0 Å². The zero-order valence-corrected chi connectivity index (χ0v) is 17.5. The summed E-state index contributed by atoms with van der Waals surface area (Å²) in [6.45, 7) is 7.18. The summed E-state index contributed by atoms with van der Waals surface area (Å²) in [5, 5.41) is 0. The van der Waals surface area contributed by atoms with E-state index in [-0.39, 0.29) is 35.7 Å². The molecule has 30 heavy (non-hydrogen) atoms. The van der Waals surface area contributed by atoms with Gasteiger partial charge in [0.1, 0.15) is 11.5 Å². The summed E-state index contributed by atoms with van der Waals surface area (Å²) in [5.41, 5.74) is 0.853. The van der Waals surface area contributed by atoms with Crippen molar-refractivity contribution >= 4 is 17.5 Å². The van der Waals surface area contributed by atoms with Gasteiger partial charge >= 0.3 is 0 Å². The number of hydrogen-bond donors (Lipinski definition) is 0. The third kappa shape index (κ3) is 5.52. The van der Waals surface area contributed by atoms with E-state index < -0.39 is 0 Å². The van der Waals surface area contributed by atoms with Gasteiger partial charge in [0.2, 0.25) is 5.91 Å². The molecule has 0 N–H and O–H groups in total. The maximum atomic E-state index is 14.0. The third-order valence-corrected chi connectivity index (χ3v) is 5.08. The van der Waals surface area contributed by atoms with E-state index >= 15 is 0 Å². The Bertz CT molecular complexity index is 854. The van der Waals surface area contributed by atoms with Crippen LogP contribution in [0.25, 0.3) is 0 Å². The molecule has 8 heteroatoms. The van der Waals surface area contributed by atoms with Crippen molar-refractivity contribution in [1.82, 2.24) is 19.8 Å². The molecule has 7 nitrogen and oxygen atoms in total. The van der Waals surface area contributed by atoms with E-state index in [9.17, 15) is 14.0 Å². The third-order valence-electron chi connectivity index (χ3n) is 5.08. The van der Waals surface area contributed by atoms with Gasteiger partial charge in [-0.1, -0.05) is 26.0 Å². The Hall–Kier alpha value is -3.03. The normalized spacial score (nSPS) is 14.1. The van der Waals surface area contributed by atoms with Crippen LogP contribution in [0, 0.1) is 11.7 Å². The van der Waals surface area contributed by atoms with E-state index in [0.29, 0.717) is 45.0 Å². The van der Waals surface area contributed by atoms with E-state index in [1.165, 1.54) is 24.7 Å². The topological polar surface area (TPSA) is 69.6 Å². The lowest BCUT2D eigenvalue weighted by molar-refractivity contribution is -0.131. The number of hydrogen-bond acceptors (Lipinski definition) is 5. The summed E-state index contributed by atoms with van der Waals surface area (Å²) in [4.78, 5) is 38.9. The maximum Gasteiger partial charge on any atom is 0.274 e. The van der Waals surface area contributed by atoms with Crippen LogP contribution in [-0.2, 0) is 4.79 Å². The largest absolute Gasteiger partial charge is 0.366 e. The molecule has 1 aliphatic heterocycles. The average molecular weight is 413 g/mol. The molecule has 1 saturated heterocycles. The van der Waals surface area contributed by atoms with Gasteiger partial charge in [-0.15, -0.1) is 0 Å². The van der Waals surface area contributed by atoms with E-state index in [4.69, 9.17) is 0 Å². The van der Waals surface area contributed by atoms with Crippen LogP contribution in [0.4, 0.5) is 10.1 Å². The molecule has 2 amide bonds. The van der Waals surface area contributed by atoms with E-state index in [1.807, 2.05) is 24.8 Å². The SMILES string of the molecule is CC(C)CN(CCC(=O)N1CCN(c2ccccc2F)CC1)C(=O)c1cnccn1. The van der Waals surface area contributed by atoms with Gasteiger partial charge in [0, 0.05) is 58.1 Å². The first kappa shape index (κ1) is 21.7. The van der Waals surface area contributed by atoms with Gasteiger partial charge in [-0.3, -0.25) is 14.6 Å². The van der Waals surface area contributed by atoms with Gasteiger partial charge in [0.05, 0.1) is 11.9 Å². The molecule has 1 fully saturated rings. The predicted octanol–water partition coefficient (Wildman–Crippen LogP) is 2.45. The highest BCUT2D eigenvalue weighted by Gasteiger charge is 2.24. The second-order valence-electron chi connectivity index (χ2n) is 7.80. The molecule has 3 rings (SSSR count). The zero-order chi connectivity index (χ0) is 21.5. The molecular formula is C22H28FN5O2. The fraction of sp³-hybridized carbons (Fsp3) is 0.455. The number of rotatable bonds is 7. The Morgan fingerprint density at radius 1 is 1.13 bits per heavy atom. The molecule has 1 aromatic heterocycles. The summed E-state index contributed by atoms with van der Waals surface area (Å²) in [7, 11) is 0. The average Bonchev–Trinajstić information content (AvgIpc) is 2.77. The summed E-state index contributed by atoms with van der Waals surface area (Å²) < 4.78 is 14.0. The standard InChI is InChI=1S/C22H28FN5O2/c1-17(2)16-28(22(30)19-15-24-8-9-25-19)10-7-21(29)27-13-11-26(12-14-27)20-6-4-3-5-18(20)23/h3-6,8-9,15,17H,7,10-14,16H2,1-2H3. The van der Waals surface area contributed by atoms with Crippen LogP contribution in [0.5, 0.6) is 0 Å². The Labute approximate surface area is 176 Å². The smallest absolute Gasteiger partial charge is 0.274 e. The fourth-order valence-corrected chi connectivity index (χ4v) is 3.58. The molecule has 0 unspecified atom stereocenters. The van der Waals surface area contributed by atoms with Crippen LogP contribution < -0.4 is 4.90 Å². The van der Waals surface area contributed by atoms with Crippen LogP contribution >= 0.6 is 0 Å². The van der Waals surface area contributed by atoms with Gasteiger partial charge in [0.25, 0.3) is 5.91 Å². The van der Waals surface area contributed by atoms with Crippen molar-refractivity contribution in [1.29, 1.82) is 0 Å². The lowest BCUT2D eigenvalue weighted by Crippen LogP contribution is -2.49. The van der Waals surface area contributed by atoms with Gasteiger partial charge in [-0.25, -0.2) is 9.37 Å². The number of benzene rings is 1. The second kappa shape index (κ2) is 10.1. The van der Waals surface area contributed by atoms with Crippen molar-refractivity contribution in [3.63, 3.8) is 0 Å². The Morgan fingerprint density at radius 3 is 2.50 bits per heavy atom. The highest BCUT2D eigenvalue weighted by atomic mass is 19.1. The summed E-state index contributed by atoms with van der Waals surface area (Å²) in [6.07, 6.45) is 4.70. The number of carbonyl (C=O) groups is 2. The van der Waals surface area contributed by atoms with Crippen molar-refractivity contribution in [2.24, 2.45) is 5.92 Å². The Balaban J connectivity index is 1.54. The quantitative estimate of drug-likeness (QED) is 0.697. The Morgan fingerprint density at radius 2 is 1.87 bits per heavy atom. The number of aromatic nitrogens is 2. The zero-order valence-electron chi connectivity index (χ0n) is 17.5. The lowest BCUT2D eigenvalue weighted by atomic mass is 10.2. The molecule has 0 bridgehead atoms. The van der Waals surface area contributed by atoms with Crippen molar-refractivity contribution < 1.29 is 14.0 Å². The van der Waals surface area contributed by atoms with Gasteiger partial charge < -0.3 is 14.7 Å². The second-order valence-corrected chi connectivity index (χ2v) is 7.80. The lowest BCUT2D eigenvalue weighted by Gasteiger charge is -2.36. The summed E-state index contributed by atoms with van der Waals surface area (Å²) in [5.74, 6) is -0.188. The number of carbonyl (C=O) groups excluding carboxylic acids is 2. The minimum Gasteiger partial charge on any atom is -0.366 e. The minimum atomic E-state index is -0.246. The number of para-hydroxylation sites is 1. The van der Waals surface area contributed by atoms with Crippen molar-refractivity contribution in [2.75, 3.05) is 44.2 Å². The van der Waals surface area contributed by atoms with E-state index in [2.05, 4.69) is 9.97 Å². The van der Waals surface area contributed by atoms with Crippen LogP contribution in [0.1, 0.15) is 30.8 Å². The first-order valence-electron chi connectivity index (χ1n) is 10.3. The molecule has 0 spiro atoms.